The van der Waals surface area contributed by atoms with Gasteiger partial charge in [0.2, 0.25) is 11.8 Å². The minimum atomic E-state index is 0.253. The van der Waals surface area contributed by atoms with Gasteiger partial charge in [-0.1, -0.05) is 30.3 Å². The molecule has 138 valence electrons. The van der Waals surface area contributed by atoms with Gasteiger partial charge in [0.05, 0.1) is 19.1 Å². The van der Waals surface area contributed by atoms with Crippen LogP contribution >= 0.6 is 0 Å². The van der Waals surface area contributed by atoms with Crippen LogP contribution in [0, 0.1) is 11.8 Å². The van der Waals surface area contributed by atoms with Gasteiger partial charge in [-0.2, -0.15) is 0 Å². The fraction of sp³-hybridized carbons (Fsp3) is 0.619. The number of piperidine rings is 1. The zero-order chi connectivity index (χ0) is 17.3. The quantitative estimate of drug-likeness (QED) is 0.799. The third-order valence-corrected chi connectivity index (χ3v) is 6.22. The Morgan fingerprint density at radius 2 is 1.96 bits per heavy atom. The molecule has 0 N–H and O–H groups in total. The summed E-state index contributed by atoms with van der Waals surface area (Å²) in [6.45, 7) is 4.35. The van der Waals surface area contributed by atoms with Gasteiger partial charge in [0.1, 0.15) is 0 Å². The molecule has 0 spiro atoms. The van der Waals surface area contributed by atoms with E-state index in [1.165, 1.54) is 31.4 Å². The Kier molecular flexibility index (Phi) is 4.51. The van der Waals surface area contributed by atoms with Crippen LogP contribution in [0.5, 0.6) is 0 Å². The van der Waals surface area contributed by atoms with Gasteiger partial charge in [-0.05, 0) is 43.7 Å². The molecule has 1 aromatic carbocycles. The molecule has 0 radical (unpaired) electrons. The molecule has 3 fully saturated rings. The topological polar surface area (TPSA) is 51.4 Å². The number of benzene rings is 1. The Balaban J connectivity index is 1.14. The van der Waals surface area contributed by atoms with E-state index >= 15 is 0 Å². The zero-order valence-corrected chi connectivity index (χ0v) is 15.2. The number of likely N-dealkylation sites (tertiary alicyclic amines) is 1. The summed E-state index contributed by atoms with van der Waals surface area (Å²) in [6, 6.07) is 10.8. The Morgan fingerprint density at radius 3 is 2.81 bits per heavy atom. The van der Waals surface area contributed by atoms with E-state index in [4.69, 9.17) is 9.15 Å². The maximum Gasteiger partial charge on any atom is 0.219 e. The molecule has 0 bridgehead atoms. The molecular formula is C21H27N3O2. The number of hydrogen-bond acceptors (Lipinski definition) is 5. The number of nitrogens with zero attached hydrogens (tertiary/aromatic N) is 3. The maximum atomic E-state index is 6.15. The van der Waals surface area contributed by atoms with Crippen LogP contribution in [0.1, 0.15) is 42.5 Å². The van der Waals surface area contributed by atoms with Gasteiger partial charge >= 0.3 is 0 Å². The molecule has 1 aliphatic carbocycles. The summed E-state index contributed by atoms with van der Waals surface area (Å²) in [5.74, 6) is 3.42. The van der Waals surface area contributed by atoms with Gasteiger partial charge in [-0.3, -0.25) is 0 Å². The van der Waals surface area contributed by atoms with Crippen molar-refractivity contribution < 1.29 is 9.15 Å². The van der Waals surface area contributed by atoms with E-state index in [1.807, 2.05) is 0 Å². The Morgan fingerprint density at radius 1 is 1.08 bits per heavy atom. The predicted octanol–water partition coefficient (Wildman–Crippen LogP) is 3.07. The van der Waals surface area contributed by atoms with Crippen molar-refractivity contribution in [2.24, 2.45) is 11.8 Å². The normalized spacial score (nSPS) is 29.0. The SMILES string of the molecule is c1ccc(CCN2CC[C@H]3[C@H](CO[C@H]3Cc3nnc(C4CC4)o3)C2)cc1. The number of rotatable bonds is 6. The first-order valence-electron chi connectivity index (χ1n) is 10.1. The molecule has 3 heterocycles. The summed E-state index contributed by atoms with van der Waals surface area (Å²) in [6.07, 6.45) is 5.78. The lowest BCUT2D eigenvalue weighted by atomic mass is 9.83. The van der Waals surface area contributed by atoms with E-state index in [1.54, 1.807) is 0 Å². The molecule has 0 amide bonds. The van der Waals surface area contributed by atoms with Crippen molar-refractivity contribution in [2.45, 2.75) is 44.1 Å². The lowest BCUT2D eigenvalue weighted by Gasteiger charge is -2.35. The van der Waals surface area contributed by atoms with E-state index in [2.05, 4.69) is 45.4 Å². The van der Waals surface area contributed by atoms with Crippen LogP contribution in [0.2, 0.25) is 0 Å². The highest BCUT2D eigenvalue weighted by molar-refractivity contribution is 5.15. The van der Waals surface area contributed by atoms with Crippen molar-refractivity contribution in [1.82, 2.24) is 15.1 Å². The van der Waals surface area contributed by atoms with E-state index < -0.39 is 0 Å². The van der Waals surface area contributed by atoms with Crippen LogP contribution in [0.15, 0.2) is 34.7 Å². The van der Waals surface area contributed by atoms with E-state index in [-0.39, 0.29) is 6.10 Å². The van der Waals surface area contributed by atoms with E-state index in [0.29, 0.717) is 17.8 Å². The molecule has 2 aromatic rings. The highest BCUT2D eigenvalue weighted by Gasteiger charge is 2.41. The third-order valence-electron chi connectivity index (χ3n) is 6.22. The smallest absolute Gasteiger partial charge is 0.219 e. The highest BCUT2D eigenvalue weighted by Crippen LogP contribution is 2.40. The van der Waals surface area contributed by atoms with Crippen molar-refractivity contribution in [3.8, 4) is 0 Å². The number of fused-ring (bicyclic) bond motifs is 1. The van der Waals surface area contributed by atoms with Crippen molar-refractivity contribution in [2.75, 3.05) is 26.2 Å². The molecule has 0 unspecified atom stereocenters. The molecule has 5 rings (SSSR count). The average molecular weight is 353 g/mol. The van der Waals surface area contributed by atoms with Crippen LogP contribution in [0.4, 0.5) is 0 Å². The Labute approximate surface area is 154 Å². The highest BCUT2D eigenvalue weighted by atomic mass is 16.5. The van der Waals surface area contributed by atoms with Crippen molar-refractivity contribution >= 4 is 0 Å². The second-order valence-electron chi connectivity index (χ2n) is 8.13. The standard InChI is InChI=1S/C21H27N3O2/c1-2-4-15(5-3-1)8-10-24-11-9-18-17(13-24)14-25-19(18)12-20-22-23-21(26-20)16-6-7-16/h1-5,16-19H,6-14H2/t17-,18-,19-/m0/s1. The van der Waals surface area contributed by atoms with Crippen LogP contribution in [-0.4, -0.2) is 47.4 Å². The largest absolute Gasteiger partial charge is 0.425 e. The predicted molar refractivity (Wildman–Crippen MR) is 97.9 cm³/mol. The fourth-order valence-electron chi connectivity index (χ4n) is 4.52. The van der Waals surface area contributed by atoms with Crippen molar-refractivity contribution in [3.05, 3.63) is 47.7 Å². The summed E-state index contributed by atoms with van der Waals surface area (Å²) in [4.78, 5) is 2.61. The van der Waals surface area contributed by atoms with Crippen LogP contribution < -0.4 is 0 Å². The number of ether oxygens (including phenoxy) is 1. The van der Waals surface area contributed by atoms with E-state index in [9.17, 15) is 0 Å². The monoisotopic (exact) mass is 353 g/mol. The Hall–Kier alpha value is -1.72. The third kappa shape index (κ3) is 3.55. The minimum Gasteiger partial charge on any atom is -0.425 e. The van der Waals surface area contributed by atoms with Gasteiger partial charge in [0, 0.05) is 24.9 Å². The summed E-state index contributed by atoms with van der Waals surface area (Å²) in [7, 11) is 0. The first-order chi connectivity index (χ1) is 12.8. The molecule has 5 nitrogen and oxygen atoms in total. The maximum absolute atomic E-state index is 6.15. The molecule has 26 heavy (non-hydrogen) atoms. The molecular weight excluding hydrogens is 326 g/mol. The molecule has 1 saturated carbocycles. The van der Waals surface area contributed by atoms with Gasteiger partial charge in [-0.25, -0.2) is 0 Å². The van der Waals surface area contributed by atoms with Gasteiger partial charge in [0.25, 0.3) is 0 Å². The molecule has 5 heteroatoms. The minimum absolute atomic E-state index is 0.253. The molecule has 3 atom stereocenters. The number of hydrogen-bond donors (Lipinski definition) is 0. The second-order valence-corrected chi connectivity index (χ2v) is 8.13. The summed E-state index contributed by atoms with van der Waals surface area (Å²) in [5, 5.41) is 8.46. The van der Waals surface area contributed by atoms with Crippen LogP contribution in [0.3, 0.4) is 0 Å². The first kappa shape index (κ1) is 16.5. The van der Waals surface area contributed by atoms with Gasteiger partial charge in [-0.15, -0.1) is 10.2 Å². The summed E-state index contributed by atoms with van der Waals surface area (Å²) >= 11 is 0. The van der Waals surface area contributed by atoms with Crippen LogP contribution in [-0.2, 0) is 17.6 Å². The van der Waals surface area contributed by atoms with Crippen molar-refractivity contribution in [3.63, 3.8) is 0 Å². The van der Waals surface area contributed by atoms with E-state index in [0.717, 1.165) is 44.3 Å². The first-order valence-corrected chi connectivity index (χ1v) is 10.1. The zero-order valence-electron chi connectivity index (χ0n) is 15.2. The molecule has 2 aliphatic heterocycles. The molecule has 1 aromatic heterocycles. The summed E-state index contributed by atoms with van der Waals surface area (Å²) in [5.41, 5.74) is 1.43. The Bertz CT molecular complexity index is 728. The summed E-state index contributed by atoms with van der Waals surface area (Å²) < 4.78 is 12.0. The lowest BCUT2D eigenvalue weighted by molar-refractivity contribution is 0.0799. The number of aromatic nitrogens is 2. The van der Waals surface area contributed by atoms with Gasteiger partial charge in [0.15, 0.2) is 0 Å². The average Bonchev–Trinajstić information content (AvgIpc) is 3.31. The van der Waals surface area contributed by atoms with Crippen LogP contribution in [0.25, 0.3) is 0 Å². The lowest BCUT2D eigenvalue weighted by Crippen LogP contribution is -2.42. The molecule has 2 saturated heterocycles. The molecule has 3 aliphatic rings. The fourth-order valence-corrected chi connectivity index (χ4v) is 4.52. The van der Waals surface area contributed by atoms with Gasteiger partial charge < -0.3 is 14.1 Å². The van der Waals surface area contributed by atoms with Crippen molar-refractivity contribution in [1.29, 1.82) is 0 Å². The second kappa shape index (κ2) is 7.12.